The molecule has 1 aliphatic rings. The van der Waals surface area contributed by atoms with Crippen molar-refractivity contribution in [3.05, 3.63) is 0 Å². The van der Waals surface area contributed by atoms with Gasteiger partial charge >= 0.3 is 0 Å². The zero-order chi connectivity index (χ0) is 7.56. The third-order valence-electron chi connectivity index (χ3n) is 2.94. The van der Waals surface area contributed by atoms with Crippen molar-refractivity contribution in [2.45, 2.75) is 39.2 Å². The van der Waals surface area contributed by atoms with Crippen LogP contribution in [-0.4, -0.2) is 24.5 Å². The van der Waals surface area contributed by atoms with Gasteiger partial charge in [-0.2, -0.15) is 0 Å². The molecule has 0 N–H and O–H groups in total. The van der Waals surface area contributed by atoms with E-state index in [9.17, 15) is 0 Å². The van der Waals surface area contributed by atoms with Gasteiger partial charge in [0, 0.05) is 6.04 Å². The Morgan fingerprint density at radius 3 is 2.60 bits per heavy atom. The molecule has 10 heavy (non-hydrogen) atoms. The van der Waals surface area contributed by atoms with Crippen LogP contribution in [0.2, 0.25) is 0 Å². The van der Waals surface area contributed by atoms with E-state index in [2.05, 4.69) is 25.8 Å². The topological polar surface area (TPSA) is 3.24 Å². The third-order valence-corrected chi connectivity index (χ3v) is 2.94. The largest absolute Gasteiger partial charge is 0.303 e. The quantitative estimate of drug-likeness (QED) is 0.499. The zero-order valence-electron chi connectivity index (χ0n) is 7.43. The van der Waals surface area contributed by atoms with Gasteiger partial charge in [-0.1, -0.05) is 13.3 Å². The minimum Gasteiger partial charge on any atom is -0.303 e. The normalized spacial score (nSPS) is 37.5. The van der Waals surface area contributed by atoms with Gasteiger partial charge in [-0.3, -0.25) is 0 Å². The first kappa shape index (κ1) is 8.06. The van der Waals surface area contributed by atoms with E-state index in [4.69, 9.17) is 0 Å². The van der Waals surface area contributed by atoms with Crippen LogP contribution in [0, 0.1) is 5.92 Å². The van der Waals surface area contributed by atoms with Crippen LogP contribution in [0.15, 0.2) is 0 Å². The lowest BCUT2D eigenvalue weighted by molar-refractivity contribution is 0.218. The van der Waals surface area contributed by atoms with Crippen LogP contribution in [0.3, 0.4) is 0 Å². The van der Waals surface area contributed by atoms with Crippen molar-refractivity contribution in [2.75, 3.05) is 13.6 Å². The van der Waals surface area contributed by atoms with Crippen LogP contribution in [0.25, 0.3) is 0 Å². The molecule has 60 valence electrons. The molecule has 0 aliphatic carbocycles. The van der Waals surface area contributed by atoms with Crippen LogP contribution < -0.4 is 0 Å². The van der Waals surface area contributed by atoms with Crippen molar-refractivity contribution >= 4 is 0 Å². The Labute approximate surface area is 64.4 Å². The van der Waals surface area contributed by atoms with Gasteiger partial charge in [0.1, 0.15) is 0 Å². The average molecular weight is 141 g/mol. The van der Waals surface area contributed by atoms with E-state index in [1.165, 1.54) is 25.8 Å². The molecule has 0 aromatic carbocycles. The summed E-state index contributed by atoms with van der Waals surface area (Å²) >= 11 is 0. The number of likely N-dealkylation sites (tertiary alicyclic amines) is 1. The Kier molecular flexibility index (Phi) is 2.72. The summed E-state index contributed by atoms with van der Waals surface area (Å²) in [5.74, 6) is 0.896. The van der Waals surface area contributed by atoms with Gasteiger partial charge in [0.05, 0.1) is 0 Å². The van der Waals surface area contributed by atoms with Crippen molar-refractivity contribution in [3.63, 3.8) is 0 Å². The van der Waals surface area contributed by atoms with Crippen molar-refractivity contribution in [2.24, 2.45) is 5.92 Å². The number of nitrogens with zero attached hydrogens (tertiary/aromatic N) is 1. The molecule has 0 saturated carbocycles. The SMILES string of the molecule is C[C@@H]1[C@@H](C)CCCCN1C. The molecule has 0 radical (unpaired) electrons. The second-order valence-corrected chi connectivity index (χ2v) is 3.69. The van der Waals surface area contributed by atoms with Crippen LogP contribution in [0.1, 0.15) is 33.1 Å². The number of hydrogen-bond donors (Lipinski definition) is 0. The maximum absolute atomic E-state index is 2.48. The van der Waals surface area contributed by atoms with E-state index in [0.717, 1.165) is 12.0 Å². The Morgan fingerprint density at radius 1 is 1.20 bits per heavy atom. The smallest absolute Gasteiger partial charge is 0.00895 e. The lowest BCUT2D eigenvalue weighted by Gasteiger charge is -2.26. The van der Waals surface area contributed by atoms with E-state index in [1.807, 2.05) is 0 Å². The highest BCUT2D eigenvalue weighted by Crippen LogP contribution is 2.20. The highest BCUT2D eigenvalue weighted by Gasteiger charge is 2.18. The molecule has 0 aromatic heterocycles. The minimum atomic E-state index is 0.794. The van der Waals surface area contributed by atoms with Gasteiger partial charge in [-0.05, 0) is 39.3 Å². The maximum atomic E-state index is 2.48. The highest BCUT2D eigenvalue weighted by atomic mass is 15.1. The van der Waals surface area contributed by atoms with E-state index in [-0.39, 0.29) is 0 Å². The van der Waals surface area contributed by atoms with Crippen molar-refractivity contribution in [1.29, 1.82) is 0 Å². The Morgan fingerprint density at radius 2 is 1.90 bits per heavy atom. The van der Waals surface area contributed by atoms with E-state index in [1.54, 1.807) is 0 Å². The molecule has 0 amide bonds. The fourth-order valence-corrected chi connectivity index (χ4v) is 1.71. The fraction of sp³-hybridized carbons (Fsp3) is 1.00. The molecule has 0 bridgehead atoms. The lowest BCUT2D eigenvalue weighted by Crippen LogP contribution is -2.32. The molecule has 1 nitrogen and oxygen atoms in total. The molecular formula is C9H19N. The van der Waals surface area contributed by atoms with E-state index < -0.39 is 0 Å². The molecule has 1 rings (SSSR count). The molecule has 0 spiro atoms. The lowest BCUT2D eigenvalue weighted by atomic mass is 9.99. The molecule has 0 aromatic rings. The minimum absolute atomic E-state index is 0.794. The summed E-state index contributed by atoms with van der Waals surface area (Å²) < 4.78 is 0. The first-order valence-electron chi connectivity index (χ1n) is 4.42. The fourth-order valence-electron chi connectivity index (χ4n) is 1.71. The summed E-state index contributed by atoms with van der Waals surface area (Å²) in [6.45, 7) is 6.01. The van der Waals surface area contributed by atoms with E-state index >= 15 is 0 Å². The maximum Gasteiger partial charge on any atom is 0.00895 e. The summed E-state index contributed by atoms with van der Waals surface area (Å²) in [6, 6.07) is 0.794. The molecule has 2 atom stereocenters. The molecule has 1 fully saturated rings. The number of rotatable bonds is 0. The standard InChI is InChI=1S/C9H19N/c1-8-6-4-5-7-10(3)9(8)2/h8-9H,4-7H2,1-3H3/t8-,9+/m0/s1. The molecular weight excluding hydrogens is 122 g/mol. The molecule has 1 heterocycles. The molecule has 0 unspecified atom stereocenters. The summed E-state index contributed by atoms with van der Waals surface area (Å²) in [6.07, 6.45) is 4.24. The van der Waals surface area contributed by atoms with Gasteiger partial charge in [0.15, 0.2) is 0 Å². The van der Waals surface area contributed by atoms with E-state index in [0.29, 0.717) is 0 Å². The van der Waals surface area contributed by atoms with Gasteiger partial charge in [-0.15, -0.1) is 0 Å². The second kappa shape index (κ2) is 3.38. The zero-order valence-corrected chi connectivity index (χ0v) is 7.43. The Balaban J connectivity index is 2.46. The molecule has 1 aliphatic heterocycles. The van der Waals surface area contributed by atoms with Crippen LogP contribution in [-0.2, 0) is 0 Å². The van der Waals surface area contributed by atoms with Gasteiger partial charge in [-0.25, -0.2) is 0 Å². The van der Waals surface area contributed by atoms with Crippen molar-refractivity contribution < 1.29 is 0 Å². The summed E-state index contributed by atoms with van der Waals surface area (Å²) in [5.41, 5.74) is 0. The third kappa shape index (κ3) is 1.72. The Bertz CT molecular complexity index is 88.9. The summed E-state index contributed by atoms with van der Waals surface area (Å²) in [5, 5.41) is 0. The predicted molar refractivity (Wildman–Crippen MR) is 45.1 cm³/mol. The van der Waals surface area contributed by atoms with Gasteiger partial charge in [0.2, 0.25) is 0 Å². The first-order valence-corrected chi connectivity index (χ1v) is 4.42. The number of hydrogen-bond acceptors (Lipinski definition) is 1. The van der Waals surface area contributed by atoms with Gasteiger partial charge < -0.3 is 4.90 Å². The van der Waals surface area contributed by atoms with Crippen molar-refractivity contribution in [1.82, 2.24) is 4.90 Å². The summed E-state index contributed by atoms with van der Waals surface area (Å²) in [4.78, 5) is 2.48. The van der Waals surface area contributed by atoms with Crippen LogP contribution in [0.5, 0.6) is 0 Å². The first-order chi connectivity index (χ1) is 4.72. The second-order valence-electron chi connectivity index (χ2n) is 3.69. The Hall–Kier alpha value is -0.0400. The van der Waals surface area contributed by atoms with Crippen LogP contribution >= 0.6 is 0 Å². The van der Waals surface area contributed by atoms with Crippen molar-refractivity contribution in [3.8, 4) is 0 Å². The molecule has 1 heteroatoms. The summed E-state index contributed by atoms with van der Waals surface area (Å²) in [7, 11) is 2.24. The monoisotopic (exact) mass is 141 g/mol. The predicted octanol–water partition coefficient (Wildman–Crippen LogP) is 2.13. The molecule has 1 saturated heterocycles. The van der Waals surface area contributed by atoms with Gasteiger partial charge in [0.25, 0.3) is 0 Å². The van der Waals surface area contributed by atoms with Crippen LogP contribution in [0.4, 0.5) is 0 Å². The average Bonchev–Trinajstić information content (AvgIpc) is 2.04. The highest BCUT2D eigenvalue weighted by molar-refractivity contribution is 4.73.